The molecule has 42 valence electrons. The molecular formula is C4H10N2O. The first-order valence-corrected chi connectivity index (χ1v) is 2.21. The second kappa shape index (κ2) is 5.43. The van der Waals surface area contributed by atoms with E-state index < -0.39 is 0 Å². The Bertz CT molecular complexity index is 53.7. The molecule has 3 nitrogen and oxygen atoms in total. The van der Waals surface area contributed by atoms with Crippen LogP contribution in [0.15, 0.2) is 5.10 Å². The minimum absolute atomic E-state index is 0.927. The van der Waals surface area contributed by atoms with Crippen LogP contribution in [0.1, 0.15) is 13.3 Å². The SMILES string of the molecule is CC/C=N\NOC. The Hall–Kier alpha value is -0.570. The average molecular weight is 102 g/mol. The van der Waals surface area contributed by atoms with Crippen LogP contribution < -0.4 is 5.59 Å². The molecule has 0 rings (SSSR count). The normalized spacial score (nSPS) is 10.0. The molecule has 1 N–H and O–H groups in total. The number of nitrogens with one attached hydrogen (secondary N) is 1. The van der Waals surface area contributed by atoms with Crippen LogP contribution in [0.4, 0.5) is 0 Å². The number of nitrogens with zero attached hydrogens (tertiary/aromatic N) is 1. The minimum atomic E-state index is 0.927. The molecule has 0 heterocycles. The first-order valence-electron chi connectivity index (χ1n) is 2.21. The van der Waals surface area contributed by atoms with Crippen LogP contribution in [0.2, 0.25) is 0 Å². The van der Waals surface area contributed by atoms with Crippen LogP contribution in [-0.2, 0) is 4.84 Å². The summed E-state index contributed by atoms with van der Waals surface area (Å²) in [6.45, 7) is 2.00. The van der Waals surface area contributed by atoms with Crippen LogP contribution in [0.5, 0.6) is 0 Å². The zero-order valence-corrected chi connectivity index (χ0v) is 4.64. The van der Waals surface area contributed by atoms with Gasteiger partial charge in [-0.2, -0.15) is 10.7 Å². The van der Waals surface area contributed by atoms with Gasteiger partial charge in [-0.1, -0.05) is 6.92 Å². The molecule has 0 unspecified atom stereocenters. The summed E-state index contributed by atoms with van der Waals surface area (Å²) >= 11 is 0. The van der Waals surface area contributed by atoms with E-state index in [0.717, 1.165) is 6.42 Å². The van der Waals surface area contributed by atoms with E-state index in [9.17, 15) is 0 Å². The van der Waals surface area contributed by atoms with Gasteiger partial charge in [-0.15, -0.1) is 0 Å². The van der Waals surface area contributed by atoms with E-state index in [1.807, 2.05) is 6.92 Å². The summed E-state index contributed by atoms with van der Waals surface area (Å²) in [5, 5.41) is 3.61. The molecule has 0 fully saturated rings. The topological polar surface area (TPSA) is 33.6 Å². The summed E-state index contributed by atoms with van der Waals surface area (Å²) in [7, 11) is 1.52. The van der Waals surface area contributed by atoms with Crippen LogP contribution in [0, 0.1) is 0 Å². The third-order valence-corrected chi connectivity index (χ3v) is 0.418. The largest absolute Gasteiger partial charge is 0.263 e. The molecular weight excluding hydrogens is 92.1 g/mol. The van der Waals surface area contributed by atoms with Crippen LogP contribution >= 0.6 is 0 Å². The fraction of sp³-hybridized carbons (Fsp3) is 0.750. The fourth-order valence-corrected chi connectivity index (χ4v) is 0.181. The van der Waals surface area contributed by atoms with E-state index >= 15 is 0 Å². The maximum Gasteiger partial charge on any atom is 0.0654 e. The van der Waals surface area contributed by atoms with Gasteiger partial charge in [0.25, 0.3) is 0 Å². The highest BCUT2D eigenvalue weighted by Crippen LogP contribution is 1.63. The van der Waals surface area contributed by atoms with E-state index in [2.05, 4.69) is 15.5 Å². The maximum atomic E-state index is 4.40. The Morgan fingerprint density at radius 2 is 2.57 bits per heavy atom. The molecule has 0 atom stereocenters. The van der Waals surface area contributed by atoms with Crippen molar-refractivity contribution < 1.29 is 4.84 Å². The van der Waals surface area contributed by atoms with E-state index in [1.54, 1.807) is 6.21 Å². The molecule has 0 saturated carbocycles. The van der Waals surface area contributed by atoms with Crippen LogP contribution in [0.25, 0.3) is 0 Å². The van der Waals surface area contributed by atoms with Gasteiger partial charge in [0, 0.05) is 6.21 Å². The molecule has 0 aromatic rings. The van der Waals surface area contributed by atoms with Crippen molar-refractivity contribution in [3.8, 4) is 0 Å². The van der Waals surface area contributed by atoms with E-state index in [1.165, 1.54) is 7.11 Å². The molecule has 0 radical (unpaired) electrons. The monoisotopic (exact) mass is 102 g/mol. The van der Waals surface area contributed by atoms with E-state index in [-0.39, 0.29) is 0 Å². The number of hydrogen-bond acceptors (Lipinski definition) is 3. The molecule has 0 amide bonds. The lowest BCUT2D eigenvalue weighted by Gasteiger charge is -1.88. The highest BCUT2D eigenvalue weighted by Gasteiger charge is 1.62. The van der Waals surface area contributed by atoms with Crippen LogP contribution in [-0.4, -0.2) is 13.3 Å². The molecule has 0 spiro atoms. The first-order chi connectivity index (χ1) is 3.41. The summed E-state index contributed by atoms with van der Waals surface area (Å²) in [6, 6.07) is 0. The lowest BCUT2D eigenvalue weighted by molar-refractivity contribution is 0.0951. The van der Waals surface area contributed by atoms with Gasteiger partial charge in [-0.25, -0.2) is 0 Å². The van der Waals surface area contributed by atoms with Crippen molar-refractivity contribution in [2.75, 3.05) is 7.11 Å². The van der Waals surface area contributed by atoms with Crippen molar-refractivity contribution in [2.45, 2.75) is 13.3 Å². The first kappa shape index (κ1) is 6.43. The van der Waals surface area contributed by atoms with Crippen LogP contribution in [0.3, 0.4) is 0 Å². The molecule has 7 heavy (non-hydrogen) atoms. The van der Waals surface area contributed by atoms with Crippen molar-refractivity contribution in [2.24, 2.45) is 5.10 Å². The van der Waals surface area contributed by atoms with Gasteiger partial charge in [0.15, 0.2) is 0 Å². The lowest BCUT2D eigenvalue weighted by atomic mass is 10.6. The van der Waals surface area contributed by atoms with Gasteiger partial charge in [0.05, 0.1) is 7.11 Å². The number of hydrazone groups is 1. The van der Waals surface area contributed by atoms with Crippen molar-refractivity contribution in [3.63, 3.8) is 0 Å². The fourth-order valence-electron chi connectivity index (χ4n) is 0.181. The Labute approximate surface area is 43.3 Å². The standard InChI is InChI=1S/C4H10N2O/c1-3-4-5-6-7-2/h4,6H,3H2,1-2H3/b5-4-. The summed E-state index contributed by atoms with van der Waals surface area (Å²) in [5.74, 6) is 0. The summed E-state index contributed by atoms with van der Waals surface area (Å²) < 4.78 is 0. The third-order valence-electron chi connectivity index (χ3n) is 0.418. The molecule has 3 heteroatoms. The molecule has 0 aliphatic rings. The van der Waals surface area contributed by atoms with Crippen molar-refractivity contribution in [3.05, 3.63) is 0 Å². The summed E-state index contributed by atoms with van der Waals surface area (Å²) in [5.41, 5.74) is 2.32. The Morgan fingerprint density at radius 3 is 3.00 bits per heavy atom. The van der Waals surface area contributed by atoms with Gasteiger partial charge in [0.1, 0.15) is 0 Å². The van der Waals surface area contributed by atoms with Gasteiger partial charge in [-0.3, -0.25) is 4.84 Å². The summed E-state index contributed by atoms with van der Waals surface area (Å²) in [6.07, 6.45) is 2.65. The minimum Gasteiger partial charge on any atom is -0.263 e. The van der Waals surface area contributed by atoms with Gasteiger partial charge in [0.2, 0.25) is 0 Å². The van der Waals surface area contributed by atoms with Gasteiger partial charge >= 0.3 is 0 Å². The maximum absolute atomic E-state index is 4.40. The molecule has 0 aromatic heterocycles. The highest BCUT2D eigenvalue weighted by molar-refractivity contribution is 5.55. The lowest BCUT2D eigenvalue weighted by Crippen LogP contribution is -2.00. The van der Waals surface area contributed by atoms with E-state index in [0.29, 0.717) is 0 Å². The van der Waals surface area contributed by atoms with Crippen molar-refractivity contribution >= 4 is 6.21 Å². The summed E-state index contributed by atoms with van der Waals surface area (Å²) in [4.78, 5) is 4.40. The molecule has 0 aliphatic heterocycles. The molecule has 0 aromatic carbocycles. The van der Waals surface area contributed by atoms with Crippen molar-refractivity contribution in [1.29, 1.82) is 0 Å². The molecule has 0 bridgehead atoms. The molecule has 0 aliphatic carbocycles. The number of hydrogen-bond donors (Lipinski definition) is 1. The van der Waals surface area contributed by atoms with Gasteiger partial charge < -0.3 is 0 Å². The Kier molecular flexibility index (Phi) is 4.99. The zero-order chi connectivity index (χ0) is 5.54. The average Bonchev–Trinajstić information content (AvgIpc) is 1.69. The highest BCUT2D eigenvalue weighted by atomic mass is 16.7. The second-order valence-corrected chi connectivity index (χ2v) is 1.02. The Morgan fingerprint density at radius 1 is 1.86 bits per heavy atom. The molecule has 0 saturated heterocycles. The third kappa shape index (κ3) is 5.43. The quantitative estimate of drug-likeness (QED) is 0.416. The predicted octanol–water partition coefficient (Wildman–Crippen LogP) is 0.533. The smallest absolute Gasteiger partial charge is 0.0654 e. The zero-order valence-electron chi connectivity index (χ0n) is 4.64. The number of rotatable bonds is 3. The van der Waals surface area contributed by atoms with Crippen molar-refractivity contribution in [1.82, 2.24) is 5.59 Å². The van der Waals surface area contributed by atoms with Gasteiger partial charge in [-0.05, 0) is 6.42 Å². The second-order valence-electron chi connectivity index (χ2n) is 1.02. The van der Waals surface area contributed by atoms with E-state index in [4.69, 9.17) is 0 Å². The predicted molar refractivity (Wildman–Crippen MR) is 28.9 cm³/mol. The Balaban J connectivity index is 2.78.